The quantitative estimate of drug-likeness (QED) is 0.574. The summed E-state index contributed by atoms with van der Waals surface area (Å²) >= 11 is 0. The molecule has 0 aromatic heterocycles. The normalized spacial score (nSPS) is 12.3. The van der Waals surface area contributed by atoms with Gasteiger partial charge in [0.25, 0.3) is 15.9 Å². The Hall–Kier alpha value is -3.33. The molecule has 0 saturated carbocycles. The number of nitrogens with one attached hydrogen (secondary N) is 2. The van der Waals surface area contributed by atoms with Gasteiger partial charge in [0, 0.05) is 11.3 Å². The van der Waals surface area contributed by atoms with E-state index < -0.39 is 39.4 Å². The lowest BCUT2D eigenvalue weighted by Gasteiger charge is -2.15. The Morgan fingerprint density at radius 2 is 1.52 bits per heavy atom. The number of anilines is 1. The van der Waals surface area contributed by atoms with E-state index in [0.717, 1.165) is 24.3 Å². The average Bonchev–Trinajstić information content (AvgIpc) is 2.72. The molecule has 2 N–H and O–H groups in total. The first-order valence-electron chi connectivity index (χ1n) is 9.21. The van der Waals surface area contributed by atoms with Gasteiger partial charge in [-0.1, -0.05) is 6.07 Å². The molecule has 0 heterocycles. The van der Waals surface area contributed by atoms with Crippen LogP contribution in [0.4, 0.5) is 18.9 Å². The Balaban J connectivity index is 1.69. The first-order valence-corrected chi connectivity index (χ1v) is 10.7. The number of amides is 1. The number of aryl methyl sites for hydroxylation is 1. The van der Waals surface area contributed by atoms with Crippen LogP contribution in [0.1, 0.15) is 34.5 Å². The third-order valence-corrected chi connectivity index (χ3v) is 6.01. The van der Waals surface area contributed by atoms with Crippen LogP contribution in [0.5, 0.6) is 0 Å². The average molecular weight is 448 g/mol. The Labute approximate surface area is 178 Å². The van der Waals surface area contributed by atoms with Crippen molar-refractivity contribution in [1.82, 2.24) is 5.32 Å². The van der Waals surface area contributed by atoms with E-state index in [1.807, 2.05) is 0 Å². The van der Waals surface area contributed by atoms with Crippen LogP contribution in [0.3, 0.4) is 0 Å². The van der Waals surface area contributed by atoms with Crippen molar-refractivity contribution in [3.8, 4) is 0 Å². The van der Waals surface area contributed by atoms with Crippen LogP contribution >= 0.6 is 0 Å². The van der Waals surface area contributed by atoms with Gasteiger partial charge in [0.1, 0.15) is 5.82 Å². The molecule has 1 atom stereocenters. The highest BCUT2D eigenvalue weighted by molar-refractivity contribution is 7.92. The van der Waals surface area contributed by atoms with Crippen molar-refractivity contribution in [1.29, 1.82) is 0 Å². The van der Waals surface area contributed by atoms with Gasteiger partial charge in [0.2, 0.25) is 0 Å². The van der Waals surface area contributed by atoms with Crippen LogP contribution < -0.4 is 10.0 Å². The molecule has 0 saturated heterocycles. The largest absolute Gasteiger partial charge is 0.346 e. The first-order chi connectivity index (χ1) is 14.6. The van der Waals surface area contributed by atoms with E-state index in [1.54, 1.807) is 6.92 Å². The molecular weight excluding hydrogens is 429 g/mol. The first kappa shape index (κ1) is 22.4. The van der Waals surface area contributed by atoms with Crippen molar-refractivity contribution >= 4 is 21.6 Å². The van der Waals surface area contributed by atoms with Gasteiger partial charge < -0.3 is 5.32 Å². The van der Waals surface area contributed by atoms with Gasteiger partial charge in [0.15, 0.2) is 11.6 Å². The molecule has 5 nitrogen and oxygen atoms in total. The minimum atomic E-state index is -3.93. The van der Waals surface area contributed by atoms with E-state index in [-0.39, 0.29) is 21.7 Å². The molecule has 0 radical (unpaired) electrons. The number of hydrogen-bond donors (Lipinski definition) is 2. The molecule has 3 rings (SSSR count). The number of carbonyl (C=O) groups excluding carboxylic acids is 1. The van der Waals surface area contributed by atoms with Crippen LogP contribution in [-0.2, 0) is 10.0 Å². The molecular formula is C22H19F3N2O3S. The summed E-state index contributed by atoms with van der Waals surface area (Å²) in [7, 11) is -3.93. The van der Waals surface area contributed by atoms with Crippen molar-refractivity contribution in [3.63, 3.8) is 0 Å². The van der Waals surface area contributed by atoms with Crippen LogP contribution in [0, 0.1) is 24.4 Å². The second kappa shape index (κ2) is 8.81. The highest BCUT2D eigenvalue weighted by Crippen LogP contribution is 2.20. The number of hydrogen-bond acceptors (Lipinski definition) is 3. The summed E-state index contributed by atoms with van der Waals surface area (Å²) in [4.78, 5) is 12.3. The van der Waals surface area contributed by atoms with Crippen molar-refractivity contribution in [3.05, 3.63) is 94.8 Å². The van der Waals surface area contributed by atoms with E-state index in [2.05, 4.69) is 10.0 Å². The van der Waals surface area contributed by atoms with Crippen LogP contribution in [-0.4, -0.2) is 14.3 Å². The summed E-state index contributed by atoms with van der Waals surface area (Å²) in [5, 5.41) is 2.66. The summed E-state index contributed by atoms with van der Waals surface area (Å²) in [5.74, 6) is -2.96. The zero-order chi connectivity index (χ0) is 22.8. The molecule has 0 aliphatic heterocycles. The lowest BCUT2D eigenvalue weighted by Crippen LogP contribution is -2.26. The van der Waals surface area contributed by atoms with Gasteiger partial charge in [0.05, 0.1) is 10.9 Å². The second-order valence-corrected chi connectivity index (χ2v) is 8.64. The minimum absolute atomic E-state index is 0.0893. The van der Waals surface area contributed by atoms with E-state index in [0.29, 0.717) is 5.56 Å². The highest BCUT2D eigenvalue weighted by atomic mass is 32.2. The number of halogens is 3. The van der Waals surface area contributed by atoms with Gasteiger partial charge >= 0.3 is 0 Å². The maximum absolute atomic E-state index is 13.4. The topological polar surface area (TPSA) is 75.3 Å². The predicted molar refractivity (Wildman–Crippen MR) is 111 cm³/mol. The van der Waals surface area contributed by atoms with Crippen LogP contribution in [0.2, 0.25) is 0 Å². The summed E-state index contributed by atoms with van der Waals surface area (Å²) in [5.41, 5.74) is 1.05. The van der Waals surface area contributed by atoms with Crippen LogP contribution in [0.15, 0.2) is 65.6 Å². The molecule has 0 spiro atoms. The maximum atomic E-state index is 13.4. The van der Waals surface area contributed by atoms with Crippen molar-refractivity contribution in [2.75, 3.05) is 4.72 Å². The third-order valence-electron chi connectivity index (χ3n) is 4.63. The summed E-state index contributed by atoms with van der Waals surface area (Å²) < 4.78 is 67.1. The molecule has 9 heteroatoms. The molecule has 3 aromatic carbocycles. The molecule has 1 amide bonds. The Morgan fingerprint density at radius 3 is 2.13 bits per heavy atom. The highest BCUT2D eigenvalue weighted by Gasteiger charge is 2.17. The predicted octanol–water partition coefficient (Wildman–Crippen LogP) is 4.70. The zero-order valence-electron chi connectivity index (χ0n) is 16.6. The fourth-order valence-corrected chi connectivity index (χ4v) is 3.98. The third kappa shape index (κ3) is 5.24. The Kier molecular flexibility index (Phi) is 6.35. The zero-order valence-corrected chi connectivity index (χ0v) is 17.4. The smallest absolute Gasteiger partial charge is 0.261 e. The number of benzene rings is 3. The van der Waals surface area contributed by atoms with Crippen molar-refractivity contribution < 1.29 is 26.4 Å². The van der Waals surface area contributed by atoms with Gasteiger partial charge in [-0.15, -0.1) is 0 Å². The molecule has 0 aliphatic carbocycles. The number of carbonyl (C=O) groups is 1. The Bertz CT molecular complexity index is 1230. The molecule has 0 aliphatic rings. The fourth-order valence-electron chi connectivity index (χ4n) is 2.83. The molecule has 3 aromatic rings. The Morgan fingerprint density at radius 1 is 0.871 bits per heavy atom. The summed E-state index contributed by atoms with van der Waals surface area (Å²) in [6, 6.07) is 11.9. The minimum Gasteiger partial charge on any atom is -0.346 e. The molecule has 0 fully saturated rings. The molecule has 1 unspecified atom stereocenters. The SMILES string of the molecule is Cc1cc(S(=O)(=O)Nc2ccc(C(=O)NC(C)c3ccc(F)c(F)c3)cc2)ccc1F. The van der Waals surface area contributed by atoms with Gasteiger partial charge in [-0.3, -0.25) is 9.52 Å². The summed E-state index contributed by atoms with van der Waals surface area (Å²) in [6.45, 7) is 3.08. The van der Waals surface area contributed by atoms with Crippen LogP contribution in [0.25, 0.3) is 0 Å². The van der Waals surface area contributed by atoms with Gasteiger partial charge in [-0.25, -0.2) is 21.6 Å². The van der Waals surface area contributed by atoms with E-state index >= 15 is 0 Å². The van der Waals surface area contributed by atoms with Gasteiger partial charge in [-0.2, -0.15) is 0 Å². The molecule has 31 heavy (non-hydrogen) atoms. The standard InChI is InChI=1S/C22H19F3N2O3S/c1-13-11-18(8-10-19(13)23)31(29,30)27-17-6-3-15(4-7-17)22(28)26-14(2)16-5-9-20(24)21(25)12-16/h3-12,14,27H,1-2H3,(H,26,28). The van der Waals surface area contributed by atoms with E-state index in [9.17, 15) is 26.4 Å². The monoisotopic (exact) mass is 448 g/mol. The number of rotatable bonds is 6. The summed E-state index contributed by atoms with van der Waals surface area (Å²) in [6.07, 6.45) is 0. The molecule has 0 bridgehead atoms. The fraction of sp³-hybridized carbons (Fsp3) is 0.136. The molecule has 162 valence electrons. The van der Waals surface area contributed by atoms with E-state index in [4.69, 9.17) is 0 Å². The van der Waals surface area contributed by atoms with E-state index in [1.165, 1.54) is 43.3 Å². The maximum Gasteiger partial charge on any atom is 0.261 e. The van der Waals surface area contributed by atoms with Crippen molar-refractivity contribution in [2.24, 2.45) is 0 Å². The number of sulfonamides is 1. The lowest BCUT2D eigenvalue weighted by molar-refractivity contribution is 0.0940. The second-order valence-electron chi connectivity index (χ2n) is 6.96. The van der Waals surface area contributed by atoms with Crippen molar-refractivity contribution in [2.45, 2.75) is 24.8 Å². The van der Waals surface area contributed by atoms with Gasteiger partial charge in [-0.05, 0) is 79.6 Å². The lowest BCUT2D eigenvalue weighted by atomic mass is 10.1.